The van der Waals surface area contributed by atoms with E-state index in [1.165, 1.54) is 0 Å². The van der Waals surface area contributed by atoms with Crippen molar-refractivity contribution in [2.45, 2.75) is 6.17 Å². The fourth-order valence-corrected chi connectivity index (χ4v) is 1.17. The molecule has 58 valence electrons. The Morgan fingerprint density at radius 3 is 3.36 bits per heavy atom. The number of hydrogen-bond donors (Lipinski definition) is 3. The van der Waals surface area contributed by atoms with Crippen molar-refractivity contribution < 1.29 is 0 Å². The summed E-state index contributed by atoms with van der Waals surface area (Å²) >= 11 is 0. The van der Waals surface area contributed by atoms with Crippen LogP contribution in [-0.2, 0) is 0 Å². The predicted octanol–water partition coefficient (Wildman–Crippen LogP) is 0.0115. The first-order valence-electron chi connectivity index (χ1n) is 3.55. The summed E-state index contributed by atoms with van der Waals surface area (Å²) in [5.41, 5.74) is 6.78. The van der Waals surface area contributed by atoms with Crippen molar-refractivity contribution in [3.05, 3.63) is 23.9 Å². The molecule has 11 heavy (non-hydrogen) atoms. The third-order valence-electron chi connectivity index (χ3n) is 1.75. The number of anilines is 1. The summed E-state index contributed by atoms with van der Waals surface area (Å²) in [5, 5.41) is 6.16. The standard InChI is InChI=1S/C7H10N4/c8-6-5-2-1-3-9-7(5)11-4-10-6/h1-3,6,10H,4,8H2,(H,9,11). The van der Waals surface area contributed by atoms with Crippen LogP contribution in [0.1, 0.15) is 11.7 Å². The molecule has 1 aromatic rings. The molecule has 0 radical (unpaired) electrons. The third kappa shape index (κ3) is 1.06. The molecule has 0 spiro atoms. The summed E-state index contributed by atoms with van der Waals surface area (Å²) in [7, 11) is 0. The number of nitrogens with one attached hydrogen (secondary N) is 2. The Bertz CT molecular complexity index is 260. The van der Waals surface area contributed by atoms with Crippen LogP contribution in [0.4, 0.5) is 5.82 Å². The molecule has 0 fully saturated rings. The second kappa shape index (κ2) is 2.48. The van der Waals surface area contributed by atoms with Gasteiger partial charge < -0.3 is 11.1 Å². The van der Waals surface area contributed by atoms with Crippen LogP contribution in [0.2, 0.25) is 0 Å². The van der Waals surface area contributed by atoms with E-state index in [9.17, 15) is 0 Å². The highest BCUT2D eigenvalue weighted by molar-refractivity contribution is 5.46. The Kier molecular flexibility index (Phi) is 1.48. The second-order valence-electron chi connectivity index (χ2n) is 2.48. The molecule has 2 heterocycles. The van der Waals surface area contributed by atoms with E-state index in [4.69, 9.17) is 5.73 Å². The summed E-state index contributed by atoms with van der Waals surface area (Å²) in [4.78, 5) is 4.14. The average molecular weight is 150 g/mol. The molecule has 4 heteroatoms. The highest BCUT2D eigenvalue weighted by Crippen LogP contribution is 2.18. The van der Waals surface area contributed by atoms with Crippen LogP contribution in [0.25, 0.3) is 0 Å². The summed E-state index contributed by atoms with van der Waals surface area (Å²) in [6.07, 6.45) is 1.67. The third-order valence-corrected chi connectivity index (χ3v) is 1.75. The van der Waals surface area contributed by atoms with Gasteiger partial charge in [0.15, 0.2) is 0 Å². The molecule has 0 bridgehead atoms. The first-order chi connectivity index (χ1) is 5.38. The van der Waals surface area contributed by atoms with E-state index in [1.807, 2.05) is 12.1 Å². The van der Waals surface area contributed by atoms with Gasteiger partial charge in [0, 0.05) is 11.8 Å². The molecule has 0 aliphatic carbocycles. The van der Waals surface area contributed by atoms with Crippen LogP contribution in [0.3, 0.4) is 0 Å². The van der Waals surface area contributed by atoms with Crippen LogP contribution in [0, 0.1) is 0 Å². The van der Waals surface area contributed by atoms with Crippen molar-refractivity contribution in [3.8, 4) is 0 Å². The minimum absolute atomic E-state index is 0.0834. The molecular weight excluding hydrogens is 140 g/mol. The van der Waals surface area contributed by atoms with Gasteiger partial charge in [0.05, 0.1) is 12.8 Å². The Morgan fingerprint density at radius 2 is 2.55 bits per heavy atom. The molecule has 0 amide bonds. The molecule has 2 rings (SSSR count). The number of fused-ring (bicyclic) bond motifs is 1. The number of hydrogen-bond acceptors (Lipinski definition) is 4. The van der Waals surface area contributed by atoms with E-state index in [-0.39, 0.29) is 6.17 Å². The Balaban J connectivity index is 2.44. The first-order valence-corrected chi connectivity index (χ1v) is 3.55. The molecule has 1 unspecified atom stereocenters. The minimum Gasteiger partial charge on any atom is -0.357 e. The topological polar surface area (TPSA) is 63.0 Å². The maximum Gasteiger partial charge on any atom is 0.133 e. The van der Waals surface area contributed by atoms with Crippen LogP contribution >= 0.6 is 0 Å². The lowest BCUT2D eigenvalue weighted by atomic mass is 10.2. The molecular formula is C7H10N4. The average Bonchev–Trinajstić information content (AvgIpc) is 2.06. The SMILES string of the molecule is NC1NCNc2ncccc21. The number of rotatable bonds is 0. The van der Waals surface area contributed by atoms with Gasteiger partial charge in [-0.05, 0) is 6.07 Å². The molecule has 4 nitrogen and oxygen atoms in total. The monoisotopic (exact) mass is 150 g/mol. The number of nitrogens with two attached hydrogens (primary N) is 1. The van der Waals surface area contributed by atoms with Crippen molar-refractivity contribution in [1.82, 2.24) is 10.3 Å². The van der Waals surface area contributed by atoms with Crippen molar-refractivity contribution >= 4 is 5.82 Å². The predicted molar refractivity (Wildman–Crippen MR) is 42.8 cm³/mol. The Labute approximate surface area is 64.8 Å². The molecule has 1 atom stereocenters. The Morgan fingerprint density at radius 1 is 1.64 bits per heavy atom. The van der Waals surface area contributed by atoms with Gasteiger partial charge in [-0.3, -0.25) is 5.32 Å². The molecule has 1 aromatic heterocycles. The van der Waals surface area contributed by atoms with E-state index in [2.05, 4.69) is 15.6 Å². The lowest BCUT2D eigenvalue weighted by molar-refractivity contribution is 0.557. The molecule has 0 saturated carbocycles. The fourth-order valence-electron chi connectivity index (χ4n) is 1.17. The van der Waals surface area contributed by atoms with Crippen molar-refractivity contribution in [2.75, 3.05) is 12.0 Å². The van der Waals surface area contributed by atoms with E-state index < -0.39 is 0 Å². The van der Waals surface area contributed by atoms with Gasteiger partial charge in [0.1, 0.15) is 5.82 Å². The zero-order valence-corrected chi connectivity index (χ0v) is 6.04. The maximum absolute atomic E-state index is 5.76. The summed E-state index contributed by atoms with van der Waals surface area (Å²) < 4.78 is 0. The fraction of sp³-hybridized carbons (Fsp3) is 0.286. The smallest absolute Gasteiger partial charge is 0.133 e. The lowest BCUT2D eigenvalue weighted by Crippen LogP contribution is -2.37. The molecule has 0 aromatic carbocycles. The van der Waals surface area contributed by atoms with Crippen molar-refractivity contribution in [1.29, 1.82) is 0 Å². The first kappa shape index (κ1) is 6.57. The molecule has 1 aliphatic heterocycles. The van der Waals surface area contributed by atoms with E-state index in [0.29, 0.717) is 6.67 Å². The normalized spacial score (nSPS) is 22.1. The van der Waals surface area contributed by atoms with E-state index >= 15 is 0 Å². The summed E-state index contributed by atoms with van der Waals surface area (Å²) in [6.45, 7) is 0.686. The van der Waals surface area contributed by atoms with Gasteiger partial charge in [-0.25, -0.2) is 4.98 Å². The van der Waals surface area contributed by atoms with Gasteiger partial charge in [0.2, 0.25) is 0 Å². The van der Waals surface area contributed by atoms with E-state index in [1.54, 1.807) is 6.20 Å². The number of nitrogens with zero attached hydrogens (tertiary/aromatic N) is 1. The molecule has 0 saturated heterocycles. The van der Waals surface area contributed by atoms with Crippen LogP contribution in [0.15, 0.2) is 18.3 Å². The zero-order chi connectivity index (χ0) is 7.68. The zero-order valence-electron chi connectivity index (χ0n) is 6.04. The van der Waals surface area contributed by atoms with Crippen molar-refractivity contribution in [2.24, 2.45) is 5.73 Å². The van der Waals surface area contributed by atoms with Gasteiger partial charge >= 0.3 is 0 Å². The van der Waals surface area contributed by atoms with Gasteiger partial charge in [-0.1, -0.05) is 6.07 Å². The minimum atomic E-state index is -0.0834. The summed E-state index contributed by atoms with van der Waals surface area (Å²) in [5.74, 6) is 0.888. The lowest BCUT2D eigenvalue weighted by Gasteiger charge is -2.23. The molecule has 4 N–H and O–H groups in total. The van der Waals surface area contributed by atoms with E-state index in [0.717, 1.165) is 11.4 Å². The Hall–Kier alpha value is -1.13. The molecule has 1 aliphatic rings. The second-order valence-corrected chi connectivity index (χ2v) is 2.48. The maximum atomic E-state index is 5.76. The largest absolute Gasteiger partial charge is 0.357 e. The highest BCUT2D eigenvalue weighted by Gasteiger charge is 2.14. The van der Waals surface area contributed by atoms with Gasteiger partial charge in [0.25, 0.3) is 0 Å². The summed E-state index contributed by atoms with van der Waals surface area (Å²) in [6, 6.07) is 3.85. The van der Waals surface area contributed by atoms with Gasteiger partial charge in [-0.2, -0.15) is 0 Å². The highest BCUT2D eigenvalue weighted by atomic mass is 15.2. The number of pyridine rings is 1. The van der Waals surface area contributed by atoms with Crippen LogP contribution in [0.5, 0.6) is 0 Å². The quantitative estimate of drug-likeness (QED) is 0.487. The van der Waals surface area contributed by atoms with Crippen LogP contribution < -0.4 is 16.4 Å². The van der Waals surface area contributed by atoms with Gasteiger partial charge in [-0.15, -0.1) is 0 Å². The number of aromatic nitrogens is 1. The van der Waals surface area contributed by atoms with Crippen molar-refractivity contribution in [3.63, 3.8) is 0 Å². The van der Waals surface area contributed by atoms with Crippen LogP contribution in [-0.4, -0.2) is 11.7 Å².